The summed E-state index contributed by atoms with van der Waals surface area (Å²) in [5, 5.41) is 8.31. The molecule has 2 rings (SSSR count). The van der Waals surface area contributed by atoms with E-state index in [9.17, 15) is 0 Å². The Morgan fingerprint density at radius 2 is 1.27 bits per heavy atom. The third kappa shape index (κ3) is 8.68. The van der Waals surface area contributed by atoms with Gasteiger partial charge in [0.05, 0.1) is 5.69 Å². The number of nitrogens with zero attached hydrogens (tertiary/aromatic N) is 3. The van der Waals surface area contributed by atoms with Crippen LogP contribution in [-0.4, -0.2) is 26.7 Å². The molecule has 2 aromatic carbocycles. The fraction of sp³-hybridized carbons (Fsp3) is 0.143. The Labute approximate surface area is 153 Å². The van der Waals surface area contributed by atoms with Gasteiger partial charge in [-0.2, -0.15) is 28.4 Å². The van der Waals surface area contributed by atoms with Crippen LogP contribution in [0.25, 0.3) is 0 Å². The van der Waals surface area contributed by atoms with Gasteiger partial charge in [0.2, 0.25) is 0 Å². The van der Waals surface area contributed by atoms with Gasteiger partial charge in [0, 0.05) is 19.8 Å². The van der Waals surface area contributed by atoms with Crippen LogP contribution in [0.2, 0.25) is 0 Å². The van der Waals surface area contributed by atoms with Crippen molar-refractivity contribution in [1.82, 2.24) is 0 Å². The zero-order chi connectivity index (χ0) is 15.7. The van der Waals surface area contributed by atoms with Gasteiger partial charge < -0.3 is 4.90 Å². The molecule has 0 aliphatic carbocycles. The number of hydrogen-bond donors (Lipinski definition) is 0. The summed E-state index contributed by atoms with van der Waals surface area (Å²) in [6.45, 7) is 0. The minimum absolute atomic E-state index is 0. The number of azo groups is 1. The van der Waals surface area contributed by atoms with Crippen molar-refractivity contribution in [2.24, 2.45) is 10.2 Å². The third-order valence-electron chi connectivity index (χ3n) is 2.35. The Hall–Kier alpha value is -1.54. The molecule has 2 aromatic rings. The van der Waals surface area contributed by atoms with E-state index in [4.69, 9.17) is 12.6 Å². The van der Waals surface area contributed by atoms with Crippen LogP contribution in [0.5, 0.6) is 0 Å². The fourth-order valence-corrected chi connectivity index (χ4v) is 1.38. The largest absolute Gasteiger partial charge is 1.00 e. The molecule has 6 nitrogen and oxygen atoms in total. The first kappa shape index (κ1) is 20.5. The molecular weight excluding hydrogens is 313 g/mol. The quantitative estimate of drug-likeness (QED) is 0.450. The molecule has 22 heavy (non-hydrogen) atoms. The van der Waals surface area contributed by atoms with Crippen LogP contribution in [0.1, 0.15) is 0 Å². The van der Waals surface area contributed by atoms with Crippen molar-refractivity contribution in [2.75, 3.05) is 19.0 Å². The third-order valence-corrected chi connectivity index (χ3v) is 2.35. The van der Waals surface area contributed by atoms with Gasteiger partial charge in [0.1, 0.15) is 0 Å². The second kappa shape index (κ2) is 11.1. The summed E-state index contributed by atoms with van der Waals surface area (Å²) in [4.78, 5) is 2.05. The number of anilines is 1. The fourth-order valence-electron chi connectivity index (χ4n) is 1.38. The summed E-state index contributed by atoms with van der Waals surface area (Å²) in [6, 6.07) is 18.3. The maximum absolute atomic E-state index is 8.44. The second-order valence-electron chi connectivity index (χ2n) is 4.07. The molecule has 110 valence electrons. The van der Waals surface area contributed by atoms with Crippen LogP contribution in [0, 0.1) is 6.07 Å². The van der Waals surface area contributed by atoms with Crippen molar-refractivity contribution >= 4 is 27.7 Å². The Balaban J connectivity index is 0.000000791. The molecule has 8 heteroatoms. The minimum Gasteiger partial charge on any atom is -0.378 e. The second-order valence-corrected chi connectivity index (χ2v) is 4.48. The van der Waals surface area contributed by atoms with E-state index in [1.165, 1.54) is 0 Å². The van der Waals surface area contributed by atoms with Gasteiger partial charge in [-0.3, -0.25) is 0 Å². The maximum Gasteiger partial charge on any atom is 1.00 e. The monoisotopic (exact) mass is 327 g/mol. The molecular formula is C14H14N3NaO3S. The van der Waals surface area contributed by atoms with E-state index in [-0.39, 0.29) is 29.6 Å². The van der Waals surface area contributed by atoms with Gasteiger partial charge in [-0.15, -0.1) is 24.8 Å². The Kier molecular flexibility index (Phi) is 10.3. The van der Waals surface area contributed by atoms with E-state index in [0.717, 1.165) is 17.1 Å². The van der Waals surface area contributed by atoms with Gasteiger partial charge in [0.25, 0.3) is 0 Å². The summed E-state index contributed by atoms with van der Waals surface area (Å²) >= 11 is 0. The van der Waals surface area contributed by atoms with Gasteiger partial charge in [0.15, 0.2) is 0 Å². The molecule has 0 aliphatic heterocycles. The predicted octanol–water partition coefficient (Wildman–Crippen LogP) is -0.0319. The van der Waals surface area contributed by atoms with E-state index in [1.54, 1.807) is 0 Å². The van der Waals surface area contributed by atoms with Gasteiger partial charge in [-0.1, -0.05) is 0 Å². The predicted molar refractivity (Wildman–Crippen MR) is 79.9 cm³/mol. The van der Waals surface area contributed by atoms with Crippen LogP contribution in [0.4, 0.5) is 17.1 Å². The smallest absolute Gasteiger partial charge is 0.378 e. The van der Waals surface area contributed by atoms with Crippen LogP contribution in [0.15, 0.2) is 58.8 Å². The summed E-state index contributed by atoms with van der Waals surface area (Å²) in [6.07, 6.45) is 0. The van der Waals surface area contributed by atoms with E-state index in [2.05, 4.69) is 16.3 Å². The number of rotatable bonds is 3. The number of benzene rings is 2. The van der Waals surface area contributed by atoms with E-state index in [1.807, 2.05) is 67.5 Å². The molecule has 0 aromatic heterocycles. The van der Waals surface area contributed by atoms with Crippen molar-refractivity contribution in [1.29, 1.82) is 0 Å². The molecule has 0 amide bonds. The standard InChI is InChI=1S/C14H14N3.Na.O3S/c1-17(2)14-10-8-13(9-11-14)16-15-12-6-4-3-5-7-12;;1-4(2)3/h4-11H,1-2H3;;/q-1;+1;. The molecule has 0 atom stereocenters. The maximum atomic E-state index is 8.44. The molecule has 0 saturated heterocycles. The number of hydrogen-bond acceptors (Lipinski definition) is 6. The first-order valence-corrected chi connectivity index (χ1v) is 6.91. The normalized spacial score (nSPS) is 9.36. The average Bonchev–Trinajstić information content (AvgIpc) is 2.46. The van der Waals surface area contributed by atoms with Crippen LogP contribution >= 0.6 is 0 Å². The van der Waals surface area contributed by atoms with E-state index in [0.29, 0.717) is 0 Å². The van der Waals surface area contributed by atoms with E-state index >= 15 is 0 Å². The van der Waals surface area contributed by atoms with E-state index < -0.39 is 10.6 Å². The van der Waals surface area contributed by atoms with Crippen molar-refractivity contribution in [2.45, 2.75) is 0 Å². The molecule has 0 radical (unpaired) electrons. The van der Waals surface area contributed by atoms with Gasteiger partial charge >= 0.3 is 40.2 Å². The first-order valence-electron chi connectivity index (χ1n) is 5.91. The summed E-state index contributed by atoms with van der Waals surface area (Å²) in [5.74, 6) is 0. The summed E-state index contributed by atoms with van der Waals surface area (Å²) < 4.78 is 25.3. The molecule has 0 spiro atoms. The first-order chi connectivity index (χ1) is 9.99. The van der Waals surface area contributed by atoms with Gasteiger partial charge in [-0.25, -0.2) is 0 Å². The van der Waals surface area contributed by atoms with Crippen molar-refractivity contribution < 1.29 is 42.2 Å². The van der Waals surface area contributed by atoms with Crippen molar-refractivity contribution in [3.63, 3.8) is 0 Å². The topological polar surface area (TPSA) is 79.2 Å². The molecule has 0 bridgehead atoms. The SMILES string of the molecule is CN(C)c1ccc(N=Nc2cc[c-]cc2)cc1.O=S(=O)=O.[Na+]. The molecule has 0 unspecified atom stereocenters. The van der Waals surface area contributed by atoms with Crippen LogP contribution in [0.3, 0.4) is 0 Å². The van der Waals surface area contributed by atoms with Crippen LogP contribution < -0.4 is 34.5 Å². The summed E-state index contributed by atoms with van der Waals surface area (Å²) in [5.41, 5.74) is 2.84. The molecule has 0 N–H and O–H groups in total. The molecule has 0 fully saturated rings. The van der Waals surface area contributed by atoms with Crippen molar-refractivity contribution in [3.05, 3.63) is 54.6 Å². The molecule has 0 saturated carbocycles. The zero-order valence-corrected chi connectivity index (χ0v) is 15.4. The Bertz CT molecular complexity index is 680. The Morgan fingerprint density at radius 3 is 1.68 bits per heavy atom. The average molecular weight is 327 g/mol. The molecule has 0 heterocycles. The summed E-state index contributed by atoms with van der Waals surface area (Å²) in [7, 11) is 0.911. The Morgan fingerprint density at radius 1 is 0.864 bits per heavy atom. The van der Waals surface area contributed by atoms with Crippen LogP contribution in [-0.2, 0) is 10.6 Å². The van der Waals surface area contributed by atoms with Crippen molar-refractivity contribution in [3.8, 4) is 0 Å². The molecule has 0 aliphatic rings. The van der Waals surface area contributed by atoms with Gasteiger partial charge in [-0.05, 0) is 30.0 Å². The minimum atomic E-state index is -3.11. The zero-order valence-electron chi connectivity index (χ0n) is 12.6.